The third-order valence-electron chi connectivity index (χ3n) is 3.56. The van der Waals surface area contributed by atoms with Crippen LogP contribution in [0.2, 0.25) is 5.02 Å². The highest BCUT2D eigenvalue weighted by atomic mass is 35.5. The molecule has 0 saturated carbocycles. The molecule has 0 radical (unpaired) electrons. The molecule has 0 saturated heterocycles. The third kappa shape index (κ3) is 4.20. The van der Waals surface area contributed by atoms with Gasteiger partial charge >= 0.3 is 0 Å². The lowest BCUT2D eigenvalue weighted by atomic mass is 9.86. The maximum atomic E-state index is 12.4. The predicted octanol–water partition coefficient (Wildman–Crippen LogP) is 1.17. The predicted molar refractivity (Wildman–Crippen MR) is 92.5 cm³/mol. The fraction of sp³-hybridized carbons (Fsp3) is 0.294. The number of hydrogen-bond acceptors (Lipinski definition) is 6. The van der Waals surface area contributed by atoms with Gasteiger partial charge in [0.2, 0.25) is 5.91 Å². The number of hydrogen-bond donors (Lipinski definition) is 2. The van der Waals surface area contributed by atoms with Gasteiger partial charge in [0, 0.05) is 5.56 Å². The summed E-state index contributed by atoms with van der Waals surface area (Å²) >= 11 is 6.11. The van der Waals surface area contributed by atoms with E-state index < -0.39 is 69.5 Å². The Kier molecular flexibility index (Phi) is 6.52. The maximum Gasteiger partial charge on any atom is 0.250 e. The lowest BCUT2D eigenvalue weighted by molar-refractivity contribution is -0.117. The summed E-state index contributed by atoms with van der Waals surface area (Å²) in [4.78, 5) is 71.1. The molecule has 8 nitrogen and oxygen atoms in total. The summed E-state index contributed by atoms with van der Waals surface area (Å²) < 4.78 is 0. The molecule has 0 heterocycles. The van der Waals surface area contributed by atoms with Gasteiger partial charge < -0.3 is 11.5 Å². The van der Waals surface area contributed by atoms with Crippen LogP contribution < -0.4 is 11.5 Å². The Morgan fingerprint density at radius 3 is 1.46 bits per heavy atom. The van der Waals surface area contributed by atoms with Crippen molar-refractivity contribution in [2.45, 2.75) is 33.6 Å². The van der Waals surface area contributed by atoms with E-state index in [1.54, 1.807) is 0 Å². The molecule has 1 aromatic carbocycles. The molecule has 9 heteroatoms. The summed E-state index contributed by atoms with van der Waals surface area (Å²) in [5, 5.41) is -0.546. The molecule has 0 fully saturated rings. The van der Waals surface area contributed by atoms with E-state index in [1.165, 1.54) is 13.8 Å². The van der Waals surface area contributed by atoms with Gasteiger partial charge in [0.15, 0.2) is 11.6 Å². The molecule has 2 amide bonds. The highest BCUT2D eigenvalue weighted by Crippen LogP contribution is 2.33. The minimum absolute atomic E-state index is 0.103. The van der Waals surface area contributed by atoms with Crippen molar-refractivity contribution in [3.8, 4) is 0 Å². The number of primary amides is 2. The second-order valence-electron chi connectivity index (χ2n) is 5.77. The first kappa shape index (κ1) is 21.2. The first-order valence-corrected chi connectivity index (χ1v) is 7.78. The average molecular weight is 381 g/mol. The van der Waals surface area contributed by atoms with E-state index >= 15 is 0 Å². The fourth-order valence-corrected chi connectivity index (χ4v) is 3.01. The topological polar surface area (TPSA) is 154 Å². The van der Waals surface area contributed by atoms with Crippen LogP contribution in [0.1, 0.15) is 73.7 Å². The van der Waals surface area contributed by atoms with Crippen molar-refractivity contribution < 1.29 is 28.8 Å². The number of ketones is 4. The zero-order chi connectivity index (χ0) is 20.3. The monoisotopic (exact) mass is 380 g/mol. The number of amides is 2. The molecule has 0 aliphatic heterocycles. The third-order valence-corrected chi connectivity index (χ3v) is 3.94. The van der Waals surface area contributed by atoms with E-state index in [9.17, 15) is 28.8 Å². The van der Waals surface area contributed by atoms with E-state index in [2.05, 4.69) is 0 Å². The minimum atomic E-state index is -1.13. The van der Waals surface area contributed by atoms with E-state index in [4.69, 9.17) is 23.1 Å². The van der Waals surface area contributed by atoms with Crippen molar-refractivity contribution >= 4 is 46.5 Å². The number of halogens is 1. The summed E-state index contributed by atoms with van der Waals surface area (Å²) in [7, 11) is 0. The van der Waals surface area contributed by atoms with Crippen LogP contribution in [0.4, 0.5) is 0 Å². The van der Waals surface area contributed by atoms with Gasteiger partial charge in [-0.2, -0.15) is 0 Å². The van der Waals surface area contributed by atoms with E-state index in [0.29, 0.717) is 0 Å². The normalized spacial score (nSPS) is 10.3. The van der Waals surface area contributed by atoms with Crippen LogP contribution in [0, 0.1) is 6.92 Å². The second kappa shape index (κ2) is 8.01. The van der Waals surface area contributed by atoms with Crippen LogP contribution in [-0.2, 0) is 9.59 Å². The lowest BCUT2D eigenvalue weighted by Gasteiger charge is -2.18. The molecule has 0 bridgehead atoms. The largest absolute Gasteiger partial charge is 0.366 e. The van der Waals surface area contributed by atoms with E-state index in [0.717, 1.165) is 6.92 Å². The Morgan fingerprint density at radius 1 is 0.731 bits per heavy atom. The summed E-state index contributed by atoms with van der Waals surface area (Å²) in [6, 6.07) is 0. The number of carbonyl (C=O) groups is 6. The van der Waals surface area contributed by atoms with Gasteiger partial charge in [-0.3, -0.25) is 28.8 Å². The maximum absolute atomic E-state index is 12.4. The first-order valence-electron chi connectivity index (χ1n) is 7.41. The van der Waals surface area contributed by atoms with Crippen molar-refractivity contribution in [2.24, 2.45) is 11.5 Å². The zero-order valence-electron chi connectivity index (χ0n) is 14.4. The van der Waals surface area contributed by atoms with Gasteiger partial charge in [0.25, 0.3) is 5.91 Å². The highest BCUT2D eigenvalue weighted by molar-refractivity contribution is 6.40. The van der Waals surface area contributed by atoms with Crippen LogP contribution in [0.25, 0.3) is 0 Å². The van der Waals surface area contributed by atoms with Crippen molar-refractivity contribution in [3.05, 3.63) is 32.8 Å². The number of carbonyl (C=O) groups excluding carboxylic acids is 6. The van der Waals surface area contributed by atoms with Gasteiger partial charge in [-0.15, -0.1) is 0 Å². The quantitative estimate of drug-likeness (QED) is 0.509. The number of benzene rings is 1. The van der Waals surface area contributed by atoms with E-state index in [1.807, 2.05) is 0 Å². The number of Topliss-reactive ketones (excluding diaryl/α,β-unsaturated/α-hetero) is 4. The van der Waals surface area contributed by atoms with Crippen LogP contribution >= 0.6 is 11.6 Å². The van der Waals surface area contributed by atoms with Gasteiger partial charge in [-0.25, -0.2) is 0 Å². The molecule has 0 unspecified atom stereocenters. The molecule has 0 aliphatic carbocycles. The summed E-state index contributed by atoms with van der Waals surface area (Å²) in [6.45, 7) is 3.60. The Morgan fingerprint density at radius 2 is 1.12 bits per heavy atom. The standard InChI is InChI=1S/C17H17ClN2O6/c1-6(21)4-9(23)11-8(3)12(16(19)25)13(10(24)5-7(2)22)15(18)14(11)17(20)26/h4-5H2,1-3H3,(H2,19,25)(H2,20,26). The van der Waals surface area contributed by atoms with Crippen LogP contribution in [0.5, 0.6) is 0 Å². The molecule has 1 rings (SSSR count). The van der Waals surface area contributed by atoms with Crippen molar-refractivity contribution in [1.29, 1.82) is 0 Å². The lowest BCUT2D eigenvalue weighted by Crippen LogP contribution is -2.26. The Hall–Kier alpha value is -2.87. The minimum Gasteiger partial charge on any atom is -0.366 e. The number of rotatable bonds is 8. The van der Waals surface area contributed by atoms with Crippen molar-refractivity contribution in [3.63, 3.8) is 0 Å². The molecular formula is C17H17ClN2O6. The molecular weight excluding hydrogens is 364 g/mol. The van der Waals surface area contributed by atoms with Crippen LogP contribution in [0.3, 0.4) is 0 Å². The van der Waals surface area contributed by atoms with Crippen molar-refractivity contribution in [2.75, 3.05) is 0 Å². The Labute approximate surface area is 153 Å². The zero-order valence-corrected chi connectivity index (χ0v) is 15.2. The van der Waals surface area contributed by atoms with Gasteiger partial charge in [0.1, 0.15) is 11.6 Å². The smallest absolute Gasteiger partial charge is 0.250 e. The summed E-state index contributed by atoms with van der Waals surface area (Å²) in [5.74, 6) is -4.83. The van der Waals surface area contributed by atoms with E-state index in [-0.39, 0.29) is 11.1 Å². The van der Waals surface area contributed by atoms with Crippen LogP contribution in [-0.4, -0.2) is 34.9 Å². The molecule has 0 atom stereocenters. The molecule has 1 aromatic rings. The fourth-order valence-electron chi connectivity index (χ4n) is 2.62. The van der Waals surface area contributed by atoms with Gasteiger partial charge in [0.05, 0.1) is 34.6 Å². The second-order valence-corrected chi connectivity index (χ2v) is 6.15. The molecule has 0 aliphatic rings. The SMILES string of the molecule is CC(=O)CC(=O)c1c(C)c(C(N)=O)c(C(=O)CC(C)=O)c(Cl)c1C(N)=O. The summed E-state index contributed by atoms with van der Waals surface area (Å²) in [5.41, 5.74) is 8.84. The number of nitrogens with two attached hydrogens (primary N) is 2. The average Bonchev–Trinajstić information content (AvgIpc) is 2.45. The van der Waals surface area contributed by atoms with Crippen LogP contribution in [0.15, 0.2) is 0 Å². The summed E-state index contributed by atoms with van der Waals surface area (Å²) in [6.07, 6.45) is -1.14. The first-order chi connectivity index (χ1) is 11.9. The molecule has 4 N–H and O–H groups in total. The Bertz CT molecular complexity index is 801. The molecule has 0 spiro atoms. The molecule has 0 aromatic heterocycles. The molecule has 138 valence electrons. The highest BCUT2D eigenvalue weighted by Gasteiger charge is 2.32. The molecule has 26 heavy (non-hydrogen) atoms. The van der Waals surface area contributed by atoms with Crippen molar-refractivity contribution in [1.82, 2.24) is 0 Å². The van der Waals surface area contributed by atoms with Gasteiger partial charge in [-0.1, -0.05) is 11.6 Å². The van der Waals surface area contributed by atoms with Gasteiger partial charge in [-0.05, 0) is 26.3 Å². The Balaban J connectivity index is 3.97.